The van der Waals surface area contributed by atoms with Gasteiger partial charge in [-0.25, -0.2) is 5.43 Å². The van der Waals surface area contributed by atoms with E-state index in [9.17, 15) is 14.9 Å². The van der Waals surface area contributed by atoms with Crippen molar-refractivity contribution in [3.63, 3.8) is 0 Å². The lowest BCUT2D eigenvalue weighted by Gasteiger charge is -2.09. The number of aromatic nitrogens is 3. The summed E-state index contributed by atoms with van der Waals surface area (Å²) in [6, 6.07) is 20.6. The van der Waals surface area contributed by atoms with Crippen LogP contribution in [0.15, 0.2) is 87.9 Å². The highest BCUT2D eigenvalue weighted by Crippen LogP contribution is 2.33. The van der Waals surface area contributed by atoms with Crippen LogP contribution in [0.1, 0.15) is 22.8 Å². The van der Waals surface area contributed by atoms with Gasteiger partial charge in [-0.05, 0) is 43.0 Å². The maximum Gasteiger partial charge on any atom is 0.271 e. The van der Waals surface area contributed by atoms with E-state index >= 15 is 0 Å². The van der Waals surface area contributed by atoms with Crippen molar-refractivity contribution in [2.45, 2.75) is 23.5 Å². The van der Waals surface area contributed by atoms with Crippen molar-refractivity contribution in [3.05, 3.63) is 99.1 Å². The normalized spacial score (nSPS) is 11.0. The molecule has 1 heterocycles. The van der Waals surface area contributed by atoms with E-state index in [1.54, 1.807) is 24.3 Å². The molecule has 0 radical (unpaired) electrons. The molecule has 1 aromatic heterocycles. The Hall–Kier alpha value is -4.02. The third kappa shape index (κ3) is 5.73. The molecule has 1 amide bonds. The molecule has 11 heteroatoms. The second-order valence-corrected chi connectivity index (χ2v) is 8.65. The van der Waals surface area contributed by atoms with Crippen molar-refractivity contribution >= 4 is 41.2 Å². The van der Waals surface area contributed by atoms with Gasteiger partial charge in [-0.3, -0.25) is 14.9 Å². The average Bonchev–Trinajstić information content (AvgIpc) is 3.27. The van der Waals surface area contributed by atoms with Crippen molar-refractivity contribution < 1.29 is 9.72 Å². The summed E-state index contributed by atoms with van der Waals surface area (Å²) in [6.07, 6.45) is 1.36. The van der Waals surface area contributed by atoms with Crippen LogP contribution in [0.2, 0.25) is 5.02 Å². The first kappa shape index (κ1) is 24.1. The molecule has 0 saturated heterocycles. The van der Waals surface area contributed by atoms with E-state index in [1.807, 2.05) is 41.8 Å². The second-order valence-electron chi connectivity index (χ2n) is 7.21. The van der Waals surface area contributed by atoms with E-state index in [-0.39, 0.29) is 5.69 Å². The van der Waals surface area contributed by atoms with Crippen molar-refractivity contribution in [1.29, 1.82) is 0 Å². The molecular weight excluding hydrogens is 488 g/mol. The van der Waals surface area contributed by atoms with Gasteiger partial charge < -0.3 is 4.57 Å². The number of carbonyl (C=O) groups excluding carboxylic acids is 1. The van der Waals surface area contributed by atoms with Gasteiger partial charge in [0.2, 0.25) is 0 Å². The number of non-ortho nitro benzene ring substituents is 1. The zero-order chi connectivity index (χ0) is 24.8. The minimum atomic E-state index is -0.488. The maximum absolute atomic E-state index is 12.3. The fraction of sp³-hybridized carbons (Fsp3) is 0.0833. The summed E-state index contributed by atoms with van der Waals surface area (Å²) in [5.74, 6) is 0.267. The average molecular weight is 507 g/mol. The number of nitro benzene ring substituents is 1. The number of benzene rings is 3. The minimum absolute atomic E-state index is 0.0982. The van der Waals surface area contributed by atoms with E-state index in [2.05, 4.69) is 20.7 Å². The molecule has 4 rings (SSSR count). The maximum atomic E-state index is 12.3. The molecule has 0 unspecified atom stereocenters. The van der Waals surface area contributed by atoms with Gasteiger partial charge >= 0.3 is 0 Å². The fourth-order valence-corrected chi connectivity index (χ4v) is 4.41. The first-order chi connectivity index (χ1) is 17.0. The summed E-state index contributed by atoms with van der Waals surface area (Å²) >= 11 is 7.24. The quantitative estimate of drug-likeness (QED) is 0.193. The van der Waals surface area contributed by atoms with Gasteiger partial charge in [-0.15, -0.1) is 10.2 Å². The summed E-state index contributed by atoms with van der Waals surface area (Å²) < 4.78 is 1.96. The molecule has 176 valence electrons. The number of hydrogen-bond donors (Lipinski definition) is 1. The van der Waals surface area contributed by atoms with Gasteiger partial charge in [0.25, 0.3) is 11.6 Å². The Morgan fingerprint density at radius 2 is 1.94 bits per heavy atom. The Kier molecular flexibility index (Phi) is 7.54. The number of amides is 1. The van der Waals surface area contributed by atoms with Crippen LogP contribution in [0.5, 0.6) is 0 Å². The first-order valence-electron chi connectivity index (χ1n) is 10.5. The zero-order valence-electron chi connectivity index (χ0n) is 18.5. The number of nitrogens with zero attached hydrogens (tertiary/aromatic N) is 5. The molecule has 0 atom stereocenters. The van der Waals surface area contributed by atoms with Crippen LogP contribution in [0, 0.1) is 10.1 Å². The van der Waals surface area contributed by atoms with Crippen LogP contribution in [0.25, 0.3) is 11.4 Å². The predicted molar refractivity (Wildman–Crippen MR) is 135 cm³/mol. The van der Waals surface area contributed by atoms with Crippen molar-refractivity contribution in [2.75, 3.05) is 0 Å². The van der Waals surface area contributed by atoms with Crippen LogP contribution in [0.4, 0.5) is 5.69 Å². The molecule has 3 aromatic carbocycles. The molecule has 9 nitrogen and oxygen atoms in total. The van der Waals surface area contributed by atoms with Gasteiger partial charge in [0, 0.05) is 45.3 Å². The number of rotatable bonds is 8. The third-order valence-corrected chi connectivity index (χ3v) is 6.24. The SMILES string of the molecule is CCn1c(Sc2ccc([N+](=O)[O-])cc2/C=N\NC(=O)c2cccc(Cl)c2)nnc1-c1ccccc1. The smallest absolute Gasteiger partial charge is 0.271 e. The lowest BCUT2D eigenvalue weighted by molar-refractivity contribution is -0.384. The summed E-state index contributed by atoms with van der Waals surface area (Å²) in [6.45, 7) is 2.62. The molecule has 0 fully saturated rings. The van der Waals surface area contributed by atoms with Gasteiger partial charge in [0.1, 0.15) is 0 Å². The molecule has 0 aliphatic carbocycles. The summed E-state index contributed by atoms with van der Waals surface area (Å²) in [4.78, 5) is 23.8. The number of nitrogens with one attached hydrogen (secondary N) is 1. The Morgan fingerprint density at radius 1 is 1.14 bits per heavy atom. The number of hydrazone groups is 1. The van der Waals surface area contributed by atoms with Crippen molar-refractivity contribution in [1.82, 2.24) is 20.2 Å². The molecule has 0 aliphatic heterocycles. The van der Waals surface area contributed by atoms with E-state index in [4.69, 9.17) is 11.6 Å². The molecule has 0 aliphatic rings. The number of hydrogen-bond acceptors (Lipinski definition) is 7. The molecule has 0 spiro atoms. The second kappa shape index (κ2) is 10.9. The van der Waals surface area contributed by atoms with Crippen molar-refractivity contribution in [3.8, 4) is 11.4 Å². The van der Waals surface area contributed by atoms with E-state index in [0.29, 0.717) is 32.7 Å². The molecule has 0 bridgehead atoms. The Balaban J connectivity index is 1.61. The van der Waals surface area contributed by atoms with Crippen LogP contribution in [0.3, 0.4) is 0 Å². The minimum Gasteiger partial charge on any atom is -0.302 e. The Morgan fingerprint density at radius 3 is 2.66 bits per heavy atom. The Bertz CT molecular complexity index is 1410. The standard InChI is InChI=1S/C24H19ClN6O3S/c1-2-30-22(16-7-4-3-5-8-16)27-29-24(30)35-21-12-11-20(31(33)34)14-18(21)15-26-28-23(32)17-9-6-10-19(25)13-17/h3-15H,2H2,1H3,(H,28,32)/b26-15-. The predicted octanol–water partition coefficient (Wildman–Crippen LogP) is 5.44. The van der Waals surface area contributed by atoms with Gasteiger partial charge in [0.05, 0.1) is 11.1 Å². The third-order valence-electron chi connectivity index (χ3n) is 4.93. The van der Waals surface area contributed by atoms with Crippen LogP contribution in [-0.4, -0.2) is 31.8 Å². The number of carbonyl (C=O) groups is 1. The molecular formula is C24H19ClN6O3S. The Labute approximate surface area is 210 Å². The van der Waals surface area contributed by atoms with E-state index in [0.717, 1.165) is 11.4 Å². The number of nitro groups is 1. The fourth-order valence-electron chi connectivity index (χ4n) is 3.25. The van der Waals surface area contributed by atoms with Crippen LogP contribution < -0.4 is 5.43 Å². The molecule has 1 N–H and O–H groups in total. The van der Waals surface area contributed by atoms with Crippen LogP contribution >= 0.6 is 23.4 Å². The highest BCUT2D eigenvalue weighted by Gasteiger charge is 2.17. The summed E-state index contributed by atoms with van der Waals surface area (Å²) in [7, 11) is 0. The molecule has 4 aromatic rings. The largest absolute Gasteiger partial charge is 0.302 e. The lowest BCUT2D eigenvalue weighted by atomic mass is 10.2. The highest BCUT2D eigenvalue weighted by molar-refractivity contribution is 7.99. The van der Waals surface area contributed by atoms with Gasteiger partial charge in [0.15, 0.2) is 11.0 Å². The number of halogens is 1. The monoisotopic (exact) mass is 506 g/mol. The van der Waals surface area contributed by atoms with Crippen molar-refractivity contribution in [2.24, 2.45) is 5.10 Å². The van der Waals surface area contributed by atoms with Gasteiger partial charge in [-0.2, -0.15) is 5.10 Å². The molecule has 0 saturated carbocycles. The van der Waals surface area contributed by atoms with Gasteiger partial charge in [-0.1, -0.05) is 48.0 Å². The lowest BCUT2D eigenvalue weighted by Crippen LogP contribution is -2.17. The highest BCUT2D eigenvalue weighted by atomic mass is 35.5. The first-order valence-corrected chi connectivity index (χ1v) is 11.7. The summed E-state index contributed by atoms with van der Waals surface area (Å²) in [5.41, 5.74) is 4.04. The molecule has 35 heavy (non-hydrogen) atoms. The van der Waals surface area contributed by atoms with Crippen LogP contribution in [-0.2, 0) is 6.54 Å². The van der Waals surface area contributed by atoms with E-state index < -0.39 is 10.8 Å². The zero-order valence-corrected chi connectivity index (χ0v) is 20.0. The topological polar surface area (TPSA) is 115 Å². The van der Waals surface area contributed by atoms with E-state index in [1.165, 1.54) is 36.2 Å². The summed E-state index contributed by atoms with van der Waals surface area (Å²) in [5, 5.41) is 25.0.